The van der Waals surface area contributed by atoms with Gasteiger partial charge in [0.2, 0.25) is 5.91 Å². The van der Waals surface area contributed by atoms with Gasteiger partial charge in [-0.15, -0.1) is 11.3 Å². The number of thiazole rings is 1. The molecule has 0 N–H and O–H groups in total. The average Bonchev–Trinajstić information content (AvgIpc) is 3.31. The maximum Gasteiger partial charge on any atom is 0.233 e. The third-order valence-corrected chi connectivity index (χ3v) is 7.07. The summed E-state index contributed by atoms with van der Waals surface area (Å²) in [5, 5.41) is 1.85. The molecule has 5 nitrogen and oxygen atoms in total. The van der Waals surface area contributed by atoms with Gasteiger partial charge in [-0.2, -0.15) is 0 Å². The van der Waals surface area contributed by atoms with E-state index in [1.165, 1.54) is 11.8 Å². The molecule has 0 aliphatic heterocycles. The Hall–Kier alpha value is -2.38. The number of aryl methyl sites for hydroxylation is 1. The molecule has 0 spiro atoms. The lowest BCUT2D eigenvalue weighted by Gasteiger charge is -2.23. The molecule has 1 amide bonds. The van der Waals surface area contributed by atoms with E-state index in [0.717, 1.165) is 38.0 Å². The molecule has 0 bridgehead atoms. The second-order valence-electron chi connectivity index (χ2n) is 6.62. The topological polar surface area (TPSA) is 51.0 Å². The van der Waals surface area contributed by atoms with Crippen molar-refractivity contribution < 1.29 is 4.79 Å². The van der Waals surface area contributed by atoms with Gasteiger partial charge in [-0.25, -0.2) is 9.97 Å². The maximum absolute atomic E-state index is 12.8. The molecular weight excluding hydrogens is 388 g/mol. The Kier molecular flexibility index (Phi) is 5.37. The third-order valence-electron chi connectivity index (χ3n) is 4.90. The van der Waals surface area contributed by atoms with Crippen LogP contribution in [-0.4, -0.2) is 38.1 Å². The van der Waals surface area contributed by atoms with Gasteiger partial charge in [0.1, 0.15) is 5.01 Å². The highest BCUT2D eigenvalue weighted by molar-refractivity contribution is 7.99. The Morgan fingerprint density at radius 2 is 1.86 bits per heavy atom. The molecule has 0 fully saturated rings. The minimum Gasteiger partial charge on any atom is -0.336 e. The summed E-state index contributed by atoms with van der Waals surface area (Å²) in [7, 11) is 1.85. The molecule has 1 atom stereocenters. The van der Waals surface area contributed by atoms with Crippen molar-refractivity contribution in [3.63, 3.8) is 0 Å². The van der Waals surface area contributed by atoms with Crippen molar-refractivity contribution in [2.45, 2.75) is 31.6 Å². The van der Waals surface area contributed by atoms with Crippen molar-refractivity contribution >= 4 is 50.3 Å². The van der Waals surface area contributed by atoms with Crippen molar-refractivity contribution in [1.82, 2.24) is 19.4 Å². The van der Waals surface area contributed by atoms with E-state index in [2.05, 4.69) is 23.6 Å². The fourth-order valence-corrected chi connectivity index (χ4v) is 5.21. The van der Waals surface area contributed by atoms with E-state index in [1.54, 1.807) is 16.2 Å². The van der Waals surface area contributed by atoms with Crippen molar-refractivity contribution in [2.75, 3.05) is 12.8 Å². The summed E-state index contributed by atoms with van der Waals surface area (Å²) in [6, 6.07) is 16.1. The molecular formula is C21H22N4OS2. The Balaban J connectivity index is 1.47. The number of rotatable bonds is 6. The van der Waals surface area contributed by atoms with Gasteiger partial charge >= 0.3 is 0 Å². The van der Waals surface area contributed by atoms with Crippen LogP contribution in [0.3, 0.4) is 0 Å². The van der Waals surface area contributed by atoms with Crippen molar-refractivity contribution in [3.8, 4) is 0 Å². The lowest BCUT2D eigenvalue weighted by molar-refractivity contribution is -0.128. The second kappa shape index (κ2) is 7.93. The van der Waals surface area contributed by atoms with Crippen LogP contribution in [0, 0.1) is 0 Å². The summed E-state index contributed by atoms with van der Waals surface area (Å²) in [5.74, 6) is 0.432. The van der Waals surface area contributed by atoms with E-state index >= 15 is 0 Å². The zero-order valence-corrected chi connectivity index (χ0v) is 17.8. The van der Waals surface area contributed by atoms with Crippen LogP contribution in [-0.2, 0) is 11.3 Å². The normalized spacial score (nSPS) is 12.5. The number of imidazole rings is 1. The van der Waals surface area contributed by atoms with Gasteiger partial charge in [-0.3, -0.25) is 4.79 Å². The number of nitrogens with zero attached hydrogens (tertiary/aromatic N) is 4. The Morgan fingerprint density at radius 1 is 1.14 bits per heavy atom. The molecule has 7 heteroatoms. The summed E-state index contributed by atoms with van der Waals surface area (Å²) in [6.07, 6.45) is 0. The molecule has 4 rings (SSSR count). The van der Waals surface area contributed by atoms with Crippen molar-refractivity contribution in [2.24, 2.45) is 0 Å². The van der Waals surface area contributed by atoms with Crippen LogP contribution in [0.15, 0.2) is 53.7 Å². The van der Waals surface area contributed by atoms with E-state index in [4.69, 9.17) is 9.97 Å². The van der Waals surface area contributed by atoms with Gasteiger partial charge in [-0.05, 0) is 38.1 Å². The maximum atomic E-state index is 12.8. The molecule has 28 heavy (non-hydrogen) atoms. The number of thioether (sulfide) groups is 1. The SMILES string of the molecule is CCn1c(SCC(=O)N(C)[C@@H](C)c2nc3ccccc3s2)nc2ccccc21. The number of hydrogen-bond donors (Lipinski definition) is 0. The van der Waals surface area contributed by atoms with E-state index in [9.17, 15) is 4.79 Å². The smallest absolute Gasteiger partial charge is 0.233 e. The van der Waals surface area contributed by atoms with Crippen molar-refractivity contribution in [3.05, 3.63) is 53.5 Å². The summed E-state index contributed by atoms with van der Waals surface area (Å²) in [5.41, 5.74) is 3.06. The van der Waals surface area contributed by atoms with Crippen LogP contribution < -0.4 is 0 Å². The molecule has 4 aromatic rings. The number of benzene rings is 2. The largest absolute Gasteiger partial charge is 0.336 e. The molecule has 0 saturated heterocycles. The molecule has 2 aromatic heterocycles. The monoisotopic (exact) mass is 410 g/mol. The number of carbonyl (C=O) groups excluding carboxylic acids is 1. The number of carbonyl (C=O) groups is 1. The molecule has 144 valence electrons. The zero-order valence-electron chi connectivity index (χ0n) is 16.1. The number of aromatic nitrogens is 3. The van der Waals surface area contributed by atoms with Gasteiger partial charge in [0.05, 0.1) is 33.0 Å². The number of para-hydroxylation sites is 3. The standard InChI is InChI=1S/C21H22N4OS2/c1-4-25-17-11-7-5-9-15(17)23-21(25)27-13-19(26)24(3)14(2)20-22-16-10-6-8-12-18(16)28-20/h5-12,14H,4,13H2,1-3H3/t14-/m0/s1. The van der Waals surface area contributed by atoms with E-state index in [1.807, 2.05) is 50.4 Å². The number of hydrogen-bond acceptors (Lipinski definition) is 5. The Labute approximate surface area is 172 Å². The van der Waals surface area contributed by atoms with Crippen LogP contribution in [0.2, 0.25) is 0 Å². The molecule has 0 saturated carbocycles. The van der Waals surface area contributed by atoms with E-state index in [0.29, 0.717) is 5.75 Å². The first-order chi connectivity index (χ1) is 13.6. The minimum absolute atomic E-state index is 0.0597. The van der Waals surface area contributed by atoms with E-state index < -0.39 is 0 Å². The predicted octanol–water partition coefficient (Wildman–Crippen LogP) is 4.98. The lowest BCUT2D eigenvalue weighted by atomic mass is 10.3. The molecule has 0 aliphatic carbocycles. The van der Waals surface area contributed by atoms with Crippen LogP contribution in [0.4, 0.5) is 0 Å². The molecule has 0 radical (unpaired) electrons. The highest BCUT2D eigenvalue weighted by Crippen LogP contribution is 2.30. The fraction of sp³-hybridized carbons (Fsp3) is 0.286. The number of fused-ring (bicyclic) bond motifs is 2. The Morgan fingerprint density at radius 3 is 2.61 bits per heavy atom. The Bertz CT molecular complexity index is 1100. The first kappa shape index (κ1) is 19.0. The fourth-order valence-electron chi connectivity index (χ4n) is 3.15. The molecule has 0 unspecified atom stereocenters. The summed E-state index contributed by atoms with van der Waals surface area (Å²) < 4.78 is 3.31. The first-order valence-electron chi connectivity index (χ1n) is 9.27. The summed E-state index contributed by atoms with van der Waals surface area (Å²) >= 11 is 3.14. The van der Waals surface area contributed by atoms with Gasteiger partial charge in [0.15, 0.2) is 5.16 Å². The van der Waals surface area contributed by atoms with E-state index in [-0.39, 0.29) is 11.9 Å². The van der Waals surface area contributed by atoms with Gasteiger partial charge in [-0.1, -0.05) is 36.0 Å². The van der Waals surface area contributed by atoms with Crippen molar-refractivity contribution in [1.29, 1.82) is 0 Å². The van der Waals surface area contributed by atoms with Gasteiger partial charge < -0.3 is 9.47 Å². The van der Waals surface area contributed by atoms with Gasteiger partial charge in [0, 0.05) is 13.6 Å². The quantitative estimate of drug-likeness (QED) is 0.421. The van der Waals surface area contributed by atoms with Crippen LogP contribution in [0.1, 0.15) is 24.9 Å². The summed E-state index contributed by atoms with van der Waals surface area (Å²) in [4.78, 5) is 24.0. The molecule has 2 heterocycles. The average molecular weight is 411 g/mol. The van der Waals surface area contributed by atoms with Crippen LogP contribution in [0.25, 0.3) is 21.3 Å². The van der Waals surface area contributed by atoms with Gasteiger partial charge in [0.25, 0.3) is 0 Å². The van der Waals surface area contributed by atoms with Crippen LogP contribution >= 0.6 is 23.1 Å². The predicted molar refractivity (Wildman–Crippen MR) is 117 cm³/mol. The highest BCUT2D eigenvalue weighted by atomic mass is 32.2. The lowest BCUT2D eigenvalue weighted by Crippen LogP contribution is -2.31. The minimum atomic E-state index is -0.0597. The molecule has 0 aliphatic rings. The highest BCUT2D eigenvalue weighted by Gasteiger charge is 2.21. The first-order valence-corrected chi connectivity index (χ1v) is 11.1. The van der Waals surface area contributed by atoms with Crippen LogP contribution in [0.5, 0.6) is 0 Å². The number of amides is 1. The second-order valence-corrected chi connectivity index (χ2v) is 8.62. The zero-order chi connectivity index (χ0) is 19.7. The summed E-state index contributed by atoms with van der Waals surface area (Å²) in [6.45, 7) is 4.96. The molecule has 2 aromatic carbocycles. The third kappa shape index (κ3) is 3.52.